The summed E-state index contributed by atoms with van der Waals surface area (Å²) in [6.07, 6.45) is 0. The number of hydrogen-bond donors (Lipinski definition) is 0. The molecule has 0 radical (unpaired) electrons. The van der Waals surface area contributed by atoms with Crippen LogP contribution in [0.4, 0.5) is 0 Å². The van der Waals surface area contributed by atoms with E-state index in [4.69, 9.17) is 15.0 Å². The summed E-state index contributed by atoms with van der Waals surface area (Å²) < 4.78 is 2.38. The molecule has 57 heavy (non-hydrogen) atoms. The Bertz CT molecular complexity index is 3210. The zero-order valence-corrected chi connectivity index (χ0v) is 30.9. The Kier molecular flexibility index (Phi) is 7.78. The normalized spacial score (nSPS) is 11.5. The molecule has 8 aromatic carbocycles. The molecule has 0 unspecified atom stereocenters. The first kappa shape index (κ1) is 32.7. The van der Waals surface area contributed by atoms with Gasteiger partial charge in [0.15, 0.2) is 5.82 Å². The van der Waals surface area contributed by atoms with E-state index in [9.17, 15) is 0 Å². The first-order chi connectivity index (χ1) is 28.3. The molecule has 0 amide bonds. The monoisotopic (exact) mass is 726 g/mol. The fraction of sp³-hybridized carbons (Fsp3) is 0. The minimum Gasteiger partial charge on any atom is -0.309 e. The van der Waals surface area contributed by atoms with Gasteiger partial charge in [-0.1, -0.05) is 164 Å². The molecule has 11 aromatic rings. The van der Waals surface area contributed by atoms with Crippen molar-refractivity contribution in [2.75, 3.05) is 0 Å². The van der Waals surface area contributed by atoms with Gasteiger partial charge in [-0.05, 0) is 59.0 Å². The van der Waals surface area contributed by atoms with Crippen LogP contribution in [-0.4, -0.2) is 19.5 Å². The first-order valence-electron chi connectivity index (χ1n) is 19.3. The number of pyridine rings is 1. The average Bonchev–Trinajstić information content (AvgIpc) is 3.64. The van der Waals surface area contributed by atoms with Crippen molar-refractivity contribution in [3.63, 3.8) is 0 Å². The molecule has 0 saturated carbocycles. The minimum absolute atomic E-state index is 0.687. The summed E-state index contributed by atoms with van der Waals surface area (Å²) in [4.78, 5) is 15.7. The van der Waals surface area contributed by atoms with Crippen molar-refractivity contribution < 1.29 is 0 Å². The third-order valence-corrected chi connectivity index (χ3v) is 11.0. The van der Waals surface area contributed by atoms with Gasteiger partial charge in [-0.15, -0.1) is 0 Å². The van der Waals surface area contributed by atoms with Crippen LogP contribution in [0.2, 0.25) is 0 Å². The highest BCUT2D eigenvalue weighted by atomic mass is 15.0. The second-order valence-corrected chi connectivity index (χ2v) is 14.4. The molecule has 11 rings (SSSR count). The summed E-state index contributed by atoms with van der Waals surface area (Å²) in [5, 5.41) is 5.89. The molecule has 0 aliphatic carbocycles. The number of fused-ring (bicyclic) bond motifs is 7. The van der Waals surface area contributed by atoms with Gasteiger partial charge >= 0.3 is 0 Å². The first-order valence-corrected chi connectivity index (χ1v) is 19.3. The fourth-order valence-corrected chi connectivity index (χ4v) is 8.33. The molecule has 4 nitrogen and oxygen atoms in total. The highest BCUT2D eigenvalue weighted by Gasteiger charge is 2.20. The van der Waals surface area contributed by atoms with E-state index in [-0.39, 0.29) is 0 Å². The van der Waals surface area contributed by atoms with E-state index in [1.54, 1.807) is 0 Å². The predicted molar refractivity (Wildman–Crippen MR) is 236 cm³/mol. The van der Waals surface area contributed by atoms with Crippen molar-refractivity contribution in [3.05, 3.63) is 206 Å². The second-order valence-electron chi connectivity index (χ2n) is 14.4. The Morgan fingerprint density at radius 2 is 0.877 bits per heavy atom. The maximum atomic E-state index is 5.54. The second kappa shape index (κ2) is 13.6. The van der Waals surface area contributed by atoms with Crippen molar-refractivity contribution in [1.29, 1.82) is 0 Å². The van der Waals surface area contributed by atoms with Gasteiger partial charge in [0, 0.05) is 49.5 Å². The van der Waals surface area contributed by atoms with Crippen LogP contribution in [0.3, 0.4) is 0 Å². The zero-order chi connectivity index (χ0) is 37.7. The Morgan fingerprint density at radius 3 is 1.58 bits per heavy atom. The number of hydrogen-bond acceptors (Lipinski definition) is 3. The lowest BCUT2D eigenvalue weighted by Gasteiger charge is -2.14. The number of rotatable bonds is 6. The van der Waals surface area contributed by atoms with Gasteiger partial charge < -0.3 is 4.57 Å². The molecule has 0 spiro atoms. The minimum atomic E-state index is 0.687. The van der Waals surface area contributed by atoms with Gasteiger partial charge in [0.25, 0.3) is 0 Å². The van der Waals surface area contributed by atoms with Crippen LogP contribution in [0.1, 0.15) is 0 Å². The number of para-hydroxylation sites is 2. The summed E-state index contributed by atoms with van der Waals surface area (Å²) in [6.45, 7) is 0. The van der Waals surface area contributed by atoms with Crippen molar-refractivity contribution >= 4 is 43.5 Å². The molecular formula is C53H34N4. The van der Waals surface area contributed by atoms with Crippen LogP contribution >= 0.6 is 0 Å². The topological polar surface area (TPSA) is 43.6 Å². The molecule has 0 fully saturated rings. The quantitative estimate of drug-likeness (QED) is 0.160. The van der Waals surface area contributed by atoms with Crippen molar-refractivity contribution in [3.8, 4) is 62.0 Å². The van der Waals surface area contributed by atoms with Crippen LogP contribution in [0.25, 0.3) is 105 Å². The lowest BCUT2D eigenvalue weighted by atomic mass is 9.94. The van der Waals surface area contributed by atoms with Crippen molar-refractivity contribution in [2.24, 2.45) is 0 Å². The number of aromatic nitrogens is 4. The Labute approximate surface area is 330 Å². The Morgan fingerprint density at radius 1 is 0.316 bits per heavy atom. The summed E-state index contributed by atoms with van der Waals surface area (Å²) in [5.41, 5.74) is 13.5. The lowest BCUT2D eigenvalue weighted by Crippen LogP contribution is -1.96. The third kappa shape index (κ3) is 5.66. The molecule has 0 N–H and O–H groups in total. The van der Waals surface area contributed by atoms with Gasteiger partial charge in [0.2, 0.25) is 0 Å². The van der Waals surface area contributed by atoms with Gasteiger partial charge in [0.1, 0.15) is 0 Å². The van der Waals surface area contributed by atoms with E-state index < -0.39 is 0 Å². The molecule has 3 aromatic heterocycles. The SMILES string of the molecule is c1ccc(-c2cc(-c3ccccc3)nc(-c3cccc(-c4ccc5c(c4)nc(-c4ccccc4)c4c5ccc5c4c4ccccc4n5-c4ccccc4)c3)n2)cc1. The highest BCUT2D eigenvalue weighted by Crippen LogP contribution is 2.43. The maximum absolute atomic E-state index is 5.54. The number of benzene rings is 8. The van der Waals surface area contributed by atoms with E-state index in [1.165, 1.54) is 21.7 Å². The molecular weight excluding hydrogens is 693 g/mol. The third-order valence-electron chi connectivity index (χ3n) is 11.0. The predicted octanol–water partition coefficient (Wildman–Crippen LogP) is 13.6. The van der Waals surface area contributed by atoms with E-state index in [2.05, 4.69) is 174 Å². The summed E-state index contributed by atoms with van der Waals surface area (Å²) in [7, 11) is 0. The smallest absolute Gasteiger partial charge is 0.160 e. The fourth-order valence-electron chi connectivity index (χ4n) is 8.33. The lowest BCUT2D eigenvalue weighted by molar-refractivity contribution is 1.18. The molecule has 0 aliphatic heterocycles. The number of nitrogens with zero attached hydrogens (tertiary/aromatic N) is 4. The molecule has 3 heterocycles. The summed E-state index contributed by atoms with van der Waals surface area (Å²) in [5.74, 6) is 0.687. The van der Waals surface area contributed by atoms with E-state index in [0.717, 1.165) is 78.0 Å². The summed E-state index contributed by atoms with van der Waals surface area (Å²) >= 11 is 0. The van der Waals surface area contributed by atoms with Gasteiger partial charge in [-0.2, -0.15) is 0 Å². The Hall–Kier alpha value is -7.69. The van der Waals surface area contributed by atoms with E-state index in [0.29, 0.717) is 5.82 Å². The molecule has 266 valence electrons. The van der Waals surface area contributed by atoms with Crippen LogP contribution in [0, 0.1) is 0 Å². The maximum Gasteiger partial charge on any atom is 0.160 e. The average molecular weight is 727 g/mol. The van der Waals surface area contributed by atoms with E-state index in [1.807, 2.05) is 36.4 Å². The largest absolute Gasteiger partial charge is 0.309 e. The Balaban J connectivity index is 1.10. The van der Waals surface area contributed by atoms with Crippen molar-refractivity contribution in [1.82, 2.24) is 19.5 Å². The summed E-state index contributed by atoms with van der Waals surface area (Å²) in [6, 6.07) is 72.5. The highest BCUT2D eigenvalue weighted by molar-refractivity contribution is 6.28. The van der Waals surface area contributed by atoms with E-state index >= 15 is 0 Å². The van der Waals surface area contributed by atoms with Crippen molar-refractivity contribution in [2.45, 2.75) is 0 Å². The molecule has 4 heteroatoms. The van der Waals surface area contributed by atoms with Crippen LogP contribution in [0.5, 0.6) is 0 Å². The molecule has 0 saturated heterocycles. The molecule has 0 bridgehead atoms. The zero-order valence-electron chi connectivity index (χ0n) is 30.9. The van der Waals surface area contributed by atoms with Gasteiger partial charge in [-0.3, -0.25) is 0 Å². The van der Waals surface area contributed by atoms with Gasteiger partial charge in [-0.25, -0.2) is 15.0 Å². The van der Waals surface area contributed by atoms with Gasteiger partial charge in [0.05, 0.1) is 33.6 Å². The van der Waals surface area contributed by atoms with Crippen LogP contribution in [-0.2, 0) is 0 Å². The van der Waals surface area contributed by atoms with Crippen LogP contribution < -0.4 is 0 Å². The van der Waals surface area contributed by atoms with Crippen LogP contribution in [0.15, 0.2) is 206 Å². The molecule has 0 aliphatic rings. The molecule has 0 atom stereocenters. The standard InChI is InChI=1S/C53H34N4/c1-5-16-35(17-6-1)45-34-46(36-18-7-2-8-19-36)56-53(55-45)40-23-15-22-38(32-40)39-28-29-42-43-30-31-49-50(51(43)52(54-47(42)33-39)37-20-9-3-10-21-37)44-26-13-14-27-48(44)57(49)41-24-11-4-12-25-41/h1-34H.